The number of morpholine rings is 1. The van der Waals surface area contributed by atoms with Gasteiger partial charge >= 0.3 is 0 Å². The van der Waals surface area contributed by atoms with Gasteiger partial charge in [0.1, 0.15) is 5.82 Å². The predicted octanol–water partition coefficient (Wildman–Crippen LogP) is 0.236. The summed E-state index contributed by atoms with van der Waals surface area (Å²) in [6.07, 6.45) is 1.71. The third-order valence-electron chi connectivity index (χ3n) is 4.64. The number of rotatable bonds is 3. The van der Waals surface area contributed by atoms with Crippen LogP contribution in [-0.4, -0.2) is 71.2 Å². The van der Waals surface area contributed by atoms with Crippen LogP contribution in [0.25, 0.3) is 0 Å². The fourth-order valence-corrected chi connectivity index (χ4v) is 2.95. The van der Waals surface area contributed by atoms with Crippen molar-refractivity contribution in [3.63, 3.8) is 0 Å². The summed E-state index contributed by atoms with van der Waals surface area (Å²) in [5, 5.41) is 20.0. The standard InChI is InChI=1S/C16H25N3O3/c1-16(21)4-5-19(12-14(16)20)15-3-2-13(10-17-15)11-18-6-8-22-9-7-18/h2-3,10,14,20-21H,4-9,11-12H2,1H3/t14-,16-/m1/s1. The molecule has 2 fully saturated rings. The summed E-state index contributed by atoms with van der Waals surface area (Å²) in [6, 6.07) is 4.10. The van der Waals surface area contributed by atoms with Gasteiger partial charge in [-0.25, -0.2) is 4.98 Å². The fourth-order valence-electron chi connectivity index (χ4n) is 2.95. The van der Waals surface area contributed by atoms with E-state index in [4.69, 9.17) is 4.74 Å². The summed E-state index contributed by atoms with van der Waals surface area (Å²) in [5.41, 5.74) is 0.197. The van der Waals surface area contributed by atoms with Crippen LogP contribution in [0.2, 0.25) is 0 Å². The molecular weight excluding hydrogens is 282 g/mol. The van der Waals surface area contributed by atoms with Crippen LogP contribution in [0.5, 0.6) is 0 Å². The SMILES string of the molecule is C[C@@]1(O)CCN(c2ccc(CN3CCOCC3)cn2)C[C@H]1O. The molecule has 0 saturated carbocycles. The van der Waals surface area contributed by atoms with Crippen LogP contribution in [0.15, 0.2) is 18.3 Å². The number of β-amino-alcohol motifs (C(OH)–C–C–N with tert-alkyl or cyclic N) is 1. The van der Waals surface area contributed by atoms with Gasteiger partial charge < -0.3 is 19.8 Å². The van der Waals surface area contributed by atoms with Crippen LogP contribution in [0, 0.1) is 0 Å². The fraction of sp³-hybridized carbons (Fsp3) is 0.688. The predicted molar refractivity (Wildman–Crippen MR) is 83.8 cm³/mol. The van der Waals surface area contributed by atoms with Gasteiger partial charge in [-0.15, -0.1) is 0 Å². The Morgan fingerprint density at radius 1 is 1.32 bits per heavy atom. The number of aliphatic hydroxyl groups is 2. The number of aliphatic hydroxyl groups excluding tert-OH is 1. The first kappa shape index (κ1) is 15.7. The Labute approximate surface area is 131 Å². The molecule has 2 atom stereocenters. The molecule has 6 nitrogen and oxygen atoms in total. The van der Waals surface area contributed by atoms with Gasteiger partial charge in [0.2, 0.25) is 0 Å². The highest BCUT2D eigenvalue weighted by atomic mass is 16.5. The Morgan fingerprint density at radius 3 is 2.73 bits per heavy atom. The van der Waals surface area contributed by atoms with Crippen LogP contribution >= 0.6 is 0 Å². The number of pyridine rings is 1. The van der Waals surface area contributed by atoms with Crippen molar-refractivity contribution < 1.29 is 14.9 Å². The summed E-state index contributed by atoms with van der Waals surface area (Å²) in [7, 11) is 0. The van der Waals surface area contributed by atoms with Crippen molar-refractivity contribution in [3.05, 3.63) is 23.9 Å². The molecule has 0 radical (unpaired) electrons. The van der Waals surface area contributed by atoms with Gasteiger partial charge in [0, 0.05) is 38.9 Å². The molecule has 0 bridgehead atoms. The van der Waals surface area contributed by atoms with Crippen molar-refractivity contribution in [1.29, 1.82) is 0 Å². The Kier molecular flexibility index (Phi) is 4.63. The highest BCUT2D eigenvalue weighted by Crippen LogP contribution is 2.25. The van der Waals surface area contributed by atoms with Crippen LogP contribution in [0.1, 0.15) is 18.9 Å². The summed E-state index contributed by atoms with van der Waals surface area (Å²) in [5.74, 6) is 0.861. The normalized spacial score (nSPS) is 30.5. The first-order chi connectivity index (χ1) is 10.5. The molecule has 0 unspecified atom stereocenters. The van der Waals surface area contributed by atoms with Crippen LogP contribution in [0.3, 0.4) is 0 Å². The zero-order chi connectivity index (χ0) is 15.6. The lowest BCUT2D eigenvalue weighted by Crippen LogP contribution is -2.54. The van der Waals surface area contributed by atoms with E-state index in [0.717, 1.165) is 38.7 Å². The molecule has 2 aliphatic heterocycles. The second kappa shape index (κ2) is 6.50. The molecule has 0 amide bonds. The van der Waals surface area contributed by atoms with Crippen molar-refractivity contribution in [2.45, 2.75) is 31.6 Å². The average Bonchev–Trinajstić information content (AvgIpc) is 2.52. The van der Waals surface area contributed by atoms with Gasteiger partial charge in [-0.2, -0.15) is 0 Å². The molecule has 6 heteroatoms. The molecular formula is C16H25N3O3. The van der Waals surface area contributed by atoms with Gasteiger partial charge in [-0.3, -0.25) is 4.90 Å². The van der Waals surface area contributed by atoms with E-state index in [1.54, 1.807) is 6.92 Å². The monoisotopic (exact) mass is 307 g/mol. The molecule has 3 rings (SSSR count). The molecule has 122 valence electrons. The minimum Gasteiger partial charge on any atom is -0.388 e. The van der Waals surface area contributed by atoms with Crippen molar-refractivity contribution in [2.75, 3.05) is 44.3 Å². The summed E-state index contributed by atoms with van der Waals surface area (Å²) >= 11 is 0. The lowest BCUT2D eigenvalue weighted by Gasteiger charge is -2.40. The number of hydrogen-bond donors (Lipinski definition) is 2. The molecule has 2 N–H and O–H groups in total. The van der Waals surface area contributed by atoms with Gasteiger partial charge in [0.05, 0.1) is 24.9 Å². The van der Waals surface area contributed by atoms with E-state index in [1.165, 1.54) is 5.56 Å². The van der Waals surface area contributed by atoms with Crippen LogP contribution < -0.4 is 4.90 Å². The largest absolute Gasteiger partial charge is 0.388 e. The van der Waals surface area contributed by atoms with Gasteiger partial charge in [-0.05, 0) is 25.0 Å². The van der Waals surface area contributed by atoms with E-state index in [0.29, 0.717) is 19.5 Å². The van der Waals surface area contributed by atoms with Crippen molar-refractivity contribution in [2.24, 2.45) is 0 Å². The molecule has 0 aliphatic carbocycles. The number of anilines is 1. The number of piperidine rings is 1. The second-order valence-electron chi connectivity index (χ2n) is 6.48. The first-order valence-electron chi connectivity index (χ1n) is 7.95. The zero-order valence-electron chi connectivity index (χ0n) is 13.1. The minimum atomic E-state index is -0.993. The molecule has 22 heavy (non-hydrogen) atoms. The topological polar surface area (TPSA) is 69.1 Å². The first-order valence-corrected chi connectivity index (χ1v) is 7.95. The van der Waals surface area contributed by atoms with Gasteiger partial charge in [0.25, 0.3) is 0 Å². The van der Waals surface area contributed by atoms with Gasteiger partial charge in [-0.1, -0.05) is 6.07 Å². The molecule has 0 spiro atoms. The van der Waals surface area contributed by atoms with E-state index in [9.17, 15) is 10.2 Å². The molecule has 2 saturated heterocycles. The highest BCUT2D eigenvalue weighted by Gasteiger charge is 2.36. The maximum atomic E-state index is 10.0. The van der Waals surface area contributed by atoms with E-state index >= 15 is 0 Å². The van der Waals surface area contributed by atoms with E-state index < -0.39 is 11.7 Å². The Morgan fingerprint density at radius 2 is 2.09 bits per heavy atom. The van der Waals surface area contributed by atoms with Crippen molar-refractivity contribution >= 4 is 5.82 Å². The van der Waals surface area contributed by atoms with E-state index in [1.807, 2.05) is 17.2 Å². The quantitative estimate of drug-likeness (QED) is 0.833. The lowest BCUT2D eigenvalue weighted by molar-refractivity contribution is -0.0722. The van der Waals surface area contributed by atoms with Crippen molar-refractivity contribution in [3.8, 4) is 0 Å². The minimum absolute atomic E-state index is 0.419. The third-order valence-corrected chi connectivity index (χ3v) is 4.64. The second-order valence-corrected chi connectivity index (χ2v) is 6.48. The third kappa shape index (κ3) is 3.57. The summed E-state index contributed by atoms with van der Waals surface area (Å²) < 4.78 is 5.35. The number of nitrogens with zero attached hydrogens (tertiary/aromatic N) is 3. The summed E-state index contributed by atoms with van der Waals surface area (Å²) in [4.78, 5) is 8.92. The smallest absolute Gasteiger partial charge is 0.128 e. The maximum Gasteiger partial charge on any atom is 0.128 e. The zero-order valence-corrected chi connectivity index (χ0v) is 13.1. The molecule has 0 aromatic carbocycles. The van der Waals surface area contributed by atoms with Crippen molar-refractivity contribution in [1.82, 2.24) is 9.88 Å². The Hall–Kier alpha value is -1.21. The van der Waals surface area contributed by atoms with Crippen LogP contribution in [-0.2, 0) is 11.3 Å². The van der Waals surface area contributed by atoms with E-state index in [-0.39, 0.29) is 0 Å². The van der Waals surface area contributed by atoms with Gasteiger partial charge in [0.15, 0.2) is 0 Å². The number of aromatic nitrogens is 1. The molecule has 1 aromatic rings. The lowest BCUT2D eigenvalue weighted by atomic mass is 9.91. The Balaban J connectivity index is 1.59. The highest BCUT2D eigenvalue weighted by molar-refractivity contribution is 5.40. The molecule has 3 heterocycles. The maximum absolute atomic E-state index is 10.0. The summed E-state index contributed by atoms with van der Waals surface area (Å²) in [6.45, 7) is 7.25. The Bertz CT molecular complexity index is 486. The average molecular weight is 307 g/mol. The molecule has 1 aromatic heterocycles. The number of hydrogen-bond acceptors (Lipinski definition) is 6. The van der Waals surface area contributed by atoms with E-state index in [2.05, 4.69) is 16.0 Å². The van der Waals surface area contributed by atoms with Crippen LogP contribution in [0.4, 0.5) is 5.82 Å². The number of ether oxygens (including phenoxy) is 1. The molecule has 2 aliphatic rings.